The summed E-state index contributed by atoms with van der Waals surface area (Å²) >= 11 is 10.9. The molecule has 3 aromatic rings. The molecule has 2 heterocycles. The normalized spacial score (nSPS) is 28.8. The predicted molar refractivity (Wildman–Crippen MR) is 148 cm³/mol. The van der Waals surface area contributed by atoms with Crippen LogP contribution in [-0.2, 0) is 16.0 Å². The minimum atomic E-state index is -1.02. The number of rotatable bonds is 4. The highest BCUT2D eigenvalue weighted by atomic mass is 79.9. The third kappa shape index (κ3) is 3.45. The lowest BCUT2D eigenvalue weighted by Gasteiger charge is -2.28. The number of aromatic nitrogens is 1. The van der Waals surface area contributed by atoms with Gasteiger partial charge in [-0.15, -0.1) is 0 Å². The fraction of sp³-hybridized carbons (Fsp3) is 0.333. The van der Waals surface area contributed by atoms with Gasteiger partial charge in [0.25, 0.3) is 0 Å². The zero-order valence-corrected chi connectivity index (χ0v) is 23.9. The van der Waals surface area contributed by atoms with Gasteiger partial charge in [-0.25, -0.2) is 9.78 Å². The average Bonchev–Trinajstić information content (AvgIpc) is 3.47. The molecule has 1 aliphatic heterocycles. The summed E-state index contributed by atoms with van der Waals surface area (Å²) in [4.78, 5) is 45.3. The first kappa shape index (κ1) is 24.2. The number of aryl methyl sites for hydroxylation is 1. The number of imide groups is 1. The molecule has 2 aliphatic carbocycles. The molecule has 3 fully saturated rings. The lowest BCUT2D eigenvalue weighted by atomic mass is 9.81. The number of pyridine rings is 1. The number of alkyl halides is 2. The molecule has 6 rings (SSSR count). The second-order valence-electron chi connectivity index (χ2n) is 9.74. The van der Waals surface area contributed by atoms with E-state index in [0.29, 0.717) is 34.3 Å². The number of carboxylic acid groups (broad SMARTS) is 1. The standard InChI is InChI=1S/C27H21Br3N2O4/c1-2-11-7-13(28)8-15-16(27(35)36)10-19(31-24(11)15)12-3-5-14(6-4-12)32-25(33)20-17-9-18(21(20)26(32)34)23(30)22(17)29/h3-8,10,17-18,20-23H,2,9H2,1H3,(H,35,36). The molecule has 3 aliphatic rings. The maximum atomic E-state index is 13.3. The Labute approximate surface area is 232 Å². The number of carbonyl (C=O) groups excluding carboxylic acids is 2. The van der Waals surface area contributed by atoms with E-state index >= 15 is 0 Å². The van der Waals surface area contributed by atoms with Gasteiger partial charge >= 0.3 is 5.97 Å². The van der Waals surface area contributed by atoms with Crippen LogP contribution in [0.2, 0.25) is 0 Å². The first-order valence-electron chi connectivity index (χ1n) is 11.8. The Bertz CT molecular complexity index is 1430. The molecule has 0 spiro atoms. The van der Waals surface area contributed by atoms with Gasteiger partial charge in [0.2, 0.25) is 11.8 Å². The van der Waals surface area contributed by atoms with Crippen molar-refractivity contribution in [3.8, 4) is 11.3 Å². The van der Waals surface area contributed by atoms with Crippen molar-refractivity contribution >= 4 is 82.2 Å². The molecule has 184 valence electrons. The number of carboxylic acids is 1. The molecule has 6 nitrogen and oxygen atoms in total. The number of benzene rings is 2. The van der Waals surface area contributed by atoms with E-state index < -0.39 is 5.97 Å². The Morgan fingerprint density at radius 2 is 1.64 bits per heavy atom. The summed E-state index contributed by atoms with van der Waals surface area (Å²) in [6.07, 6.45) is 1.60. The number of aromatic carboxylic acids is 1. The molecule has 1 N–H and O–H groups in total. The van der Waals surface area contributed by atoms with Crippen LogP contribution in [0.3, 0.4) is 0 Å². The van der Waals surface area contributed by atoms with E-state index in [2.05, 4.69) is 47.8 Å². The summed E-state index contributed by atoms with van der Waals surface area (Å²) in [5.74, 6) is -1.48. The Balaban J connectivity index is 1.37. The Morgan fingerprint density at radius 3 is 2.19 bits per heavy atom. The number of hydrogen-bond donors (Lipinski definition) is 1. The molecule has 2 saturated carbocycles. The van der Waals surface area contributed by atoms with Gasteiger partial charge in [-0.2, -0.15) is 0 Å². The van der Waals surface area contributed by atoms with Crippen molar-refractivity contribution in [3.63, 3.8) is 0 Å². The van der Waals surface area contributed by atoms with Crippen molar-refractivity contribution in [1.29, 1.82) is 0 Å². The van der Waals surface area contributed by atoms with Gasteiger partial charge in [0.15, 0.2) is 0 Å². The molecule has 6 unspecified atom stereocenters. The molecule has 1 saturated heterocycles. The van der Waals surface area contributed by atoms with Crippen LogP contribution in [0, 0.1) is 23.7 Å². The summed E-state index contributed by atoms with van der Waals surface area (Å²) < 4.78 is 0.809. The number of carbonyl (C=O) groups is 3. The number of fused-ring (bicyclic) bond motifs is 6. The topological polar surface area (TPSA) is 87.6 Å². The average molecular weight is 677 g/mol. The third-order valence-electron chi connectivity index (χ3n) is 7.98. The molecule has 2 aromatic carbocycles. The van der Waals surface area contributed by atoms with Crippen molar-refractivity contribution in [1.82, 2.24) is 4.98 Å². The van der Waals surface area contributed by atoms with Crippen LogP contribution >= 0.6 is 47.8 Å². The second kappa shape index (κ2) is 8.74. The quantitative estimate of drug-likeness (QED) is 0.263. The van der Waals surface area contributed by atoms with Crippen LogP contribution in [0.25, 0.3) is 22.2 Å². The van der Waals surface area contributed by atoms with Crippen molar-refractivity contribution in [2.24, 2.45) is 23.7 Å². The van der Waals surface area contributed by atoms with E-state index in [9.17, 15) is 19.5 Å². The molecule has 2 amide bonds. The molecule has 9 heteroatoms. The van der Waals surface area contributed by atoms with Crippen LogP contribution in [0.15, 0.2) is 46.9 Å². The van der Waals surface area contributed by atoms with Gasteiger partial charge in [0.05, 0.1) is 34.3 Å². The van der Waals surface area contributed by atoms with E-state index in [1.807, 2.05) is 13.0 Å². The van der Waals surface area contributed by atoms with Gasteiger partial charge in [-0.3, -0.25) is 14.5 Å². The van der Waals surface area contributed by atoms with Crippen LogP contribution in [0.1, 0.15) is 29.3 Å². The summed E-state index contributed by atoms with van der Waals surface area (Å²) in [7, 11) is 0. The van der Waals surface area contributed by atoms with Crippen molar-refractivity contribution in [2.45, 2.75) is 29.4 Å². The number of nitrogens with zero attached hydrogens (tertiary/aromatic N) is 2. The first-order valence-corrected chi connectivity index (χ1v) is 14.5. The van der Waals surface area contributed by atoms with Crippen LogP contribution in [-0.4, -0.2) is 37.5 Å². The van der Waals surface area contributed by atoms with Crippen LogP contribution < -0.4 is 4.90 Å². The fourth-order valence-corrected chi connectivity index (χ4v) is 8.72. The molecule has 0 radical (unpaired) electrons. The smallest absolute Gasteiger partial charge is 0.336 e. The zero-order valence-electron chi connectivity index (χ0n) is 19.1. The Hall–Kier alpha value is -2.10. The second-order valence-corrected chi connectivity index (χ2v) is 12.8. The number of halogens is 3. The fourth-order valence-electron chi connectivity index (χ4n) is 6.34. The summed E-state index contributed by atoms with van der Waals surface area (Å²) in [5, 5.41) is 10.5. The Morgan fingerprint density at radius 1 is 1.03 bits per heavy atom. The summed E-state index contributed by atoms with van der Waals surface area (Å²) in [6, 6.07) is 12.4. The predicted octanol–water partition coefficient (Wildman–Crippen LogP) is 6.21. The minimum absolute atomic E-state index is 0.121. The minimum Gasteiger partial charge on any atom is -0.478 e. The molecule has 2 bridgehead atoms. The number of anilines is 1. The number of amides is 2. The zero-order chi connectivity index (χ0) is 25.5. The van der Waals surface area contributed by atoms with Crippen LogP contribution in [0.4, 0.5) is 5.69 Å². The maximum Gasteiger partial charge on any atom is 0.336 e. The largest absolute Gasteiger partial charge is 0.478 e. The van der Waals surface area contributed by atoms with E-state index in [1.165, 1.54) is 4.90 Å². The van der Waals surface area contributed by atoms with Gasteiger partial charge in [0.1, 0.15) is 0 Å². The highest BCUT2D eigenvalue weighted by molar-refractivity contribution is 9.12. The molecular weight excluding hydrogens is 656 g/mol. The van der Waals surface area contributed by atoms with Gasteiger partial charge in [-0.1, -0.05) is 66.8 Å². The van der Waals surface area contributed by atoms with Gasteiger partial charge in [0, 0.05) is 25.1 Å². The van der Waals surface area contributed by atoms with E-state index in [1.54, 1.807) is 36.4 Å². The first-order chi connectivity index (χ1) is 17.2. The van der Waals surface area contributed by atoms with Gasteiger partial charge in [-0.05, 0) is 60.6 Å². The summed E-state index contributed by atoms with van der Waals surface area (Å²) in [5.41, 5.74) is 3.57. The van der Waals surface area contributed by atoms with E-state index in [4.69, 9.17) is 4.98 Å². The summed E-state index contributed by atoms with van der Waals surface area (Å²) in [6.45, 7) is 2.01. The molecule has 1 aromatic heterocycles. The molecule has 36 heavy (non-hydrogen) atoms. The number of hydrogen-bond acceptors (Lipinski definition) is 4. The monoisotopic (exact) mass is 674 g/mol. The molecular formula is C27H21Br3N2O4. The third-order valence-corrected chi connectivity index (χ3v) is 11.6. The van der Waals surface area contributed by atoms with Crippen molar-refractivity contribution in [3.05, 3.63) is 58.1 Å². The Kier molecular flexibility index (Phi) is 5.89. The van der Waals surface area contributed by atoms with Crippen molar-refractivity contribution < 1.29 is 19.5 Å². The van der Waals surface area contributed by atoms with E-state index in [0.717, 1.165) is 16.5 Å². The highest BCUT2D eigenvalue weighted by Gasteiger charge is 2.66. The maximum absolute atomic E-state index is 13.3. The molecule has 6 atom stereocenters. The van der Waals surface area contributed by atoms with Crippen LogP contribution in [0.5, 0.6) is 0 Å². The van der Waals surface area contributed by atoms with E-state index in [-0.39, 0.29) is 50.7 Å². The van der Waals surface area contributed by atoms with Gasteiger partial charge < -0.3 is 5.11 Å². The SMILES string of the molecule is CCc1cc(Br)cc2c(C(=O)O)cc(-c3ccc(N4C(=O)C5C6CC(C(Br)C6Br)C5C4=O)cc3)nc12. The lowest BCUT2D eigenvalue weighted by molar-refractivity contribution is -0.123. The van der Waals surface area contributed by atoms with Crippen molar-refractivity contribution in [2.75, 3.05) is 4.90 Å². The lowest BCUT2D eigenvalue weighted by Crippen LogP contribution is -2.37. The highest BCUT2D eigenvalue weighted by Crippen LogP contribution is 2.60.